The van der Waals surface area contributed by atoms with Crippen LogP contribution < -0.4 is 20.1 Å². The van der Waals surface area contributed by atoms with E-state index in [9.17, 15) is 9.90 Å². The molecule has 1 atom stereocenters. The van der Waals surface area contributed by atoms with Gasteiger partial charge in [0.1, 0.15) is 0 Å². The Morgan fingerprint density at radius 1 is 1.08 bits per heavy atom. The number of anilines is 1. The van der Waals surface area contributed by atoms with E-state index in [2.05, 4.69) is 10.6 Å². The van der Waals surface area contributed by atoms with Gasteiger partial charge in [0.05, 0.1) is 0 Å². The molecule has 6 nitrogen and oxygen atoms in total. The van der Waals surface area contributed by atoms with Crippen molar-refractivity contribution in [2.75, 3.05) is 25.3 Å². The van der Waals surface area contributed by atoms with E-state index in [4.69, 9.17) is 9.47 Å². The number of benzene rings is 2. The zero-order valence-corrected chi connectivity index (χ0v) is 13.9. The van der Waals surface area contributed by atoms with Crippen LogP contribution >= 0.6 is 0 Å². The van der Waals surface area contributed by atoms with Gasteiger partial charge in [-0.3, -0.25) is 0 Å². The van der Waals surface area contributed by atoms with Gasteiger partial charge in [-0.1, -0.05) is 30.3 Å². The Morgan fingerprint density at radius 3 is 2.68 bits per heavy atom. The number of aliphatic hydroxyl groups excluding tert-OH is 1. The number of carbonyl (C=O) groups excluding carboxylic acids is 1. The summed E-state index contributed by atoms with van der Waals surface area (Å²) in [6, 6.07) is 15.0. The topological polar surface area (TPSA) is 79.8 Å². The first-order chi connectivity index (χ1) is 12.3. The van der Waals surface area contributed by atoms with Crippen molar-refractivity contribution in [2.45, 2.75) is 18.8 Å². The fourth-order valence-electron chi connectivity index (χ4n) is 2.87. The lowest BCUT2D eigenvalue weighted by atomic mass is 9.93. The standard InChI is InChI=1S/C19H22N2O4/c22-11-9-15(14-4-2-1-3-5-14)8-10-20-19(23)21-16-6-7-17-18(12-16)25-13-24-17/h1-7,12,15,22H,8-11,13H2,(H2,20,21,23)/t15-/m1/s1. The molecule has 2 aromatic rings. The van der Waals surface area contributed by atoms with Crippen LogP contribution in [-0.2, 0) is 0 Å². The molecule has 25 heavy (non-hydrogen) atoms. The second-order valence-corrected chi connectivity index (χ2v) is 5.86. The van der Waals surface area contributed by atoms with E-state index >= 15 is 0 Å². The summed E-state index contributed by atoms with van der Waals surface area (Å²) < 4.78 is 10.5. The summed E-state index contributed by atoms with van der Waals surface area (Å²) >= 11 is 0. The minimum absolute atomic E-state index is 0.128. The number of ether oxygens (including phenoxy) is 2. The van der Waals surface area contributed by atoms with E-state index in [1.54, 1.807) is 18.2 Å². The highest BCUT2D eigenvalue weighted by molar-refractivity contribution is 5.89. The highest BCUT2D eigenvalue weighted by atomic mass is 16.7. The Hall–Kier alpha value is -2.73. The second kappa shape index (κ2) is 8.39. The Morgan fingerprint density at radius 2 is 1.88 bits per heavy atom. The molecule has 3 N–H and O–H groups in total. The van der Waals surface area contributed by atoms with Crippen LogP contribution in [0.4, 0.5) is 10.5 Å². The van der Waals surface area contributed by atoms with E-state index in [0.717, 1.165) is 6.42 Å². The molecule has 1 aliphatic heterocycles. The van der Waals surface area contributed by atoms with Crippen LogP contribution in [0.2, 0.25) is 0 Å². The average Bonchev–Trinajstić information content (AvgIpc) is 3.09. The SMILES string of the molecule is O=C(NCC[C@H](CCO)c1ccccc1)Nc1ccc2c(c1)OCO2. The van der Waals surface area contributed by atoms with Crippen molar-refractivity contribution in [1.29, 1.82) is 0 Å². The van der Waals surface area contributed by atoms with Gasteiger partial charge in [-0.2, -0.15) is 0 Å². The van der Waals surface area contributed by atoms with Gasteiger partial charge in [0.15, 0.2) is 11.5 Å². The smallest absolute Gasteiger partial charge is 0.319 e. The first-order valence-corrected chi connectivity index (χ1v) is 8.36. The zero-order valence-electron chi connectivity index (χ0n) is 13.9. The maximum absolute atomic E-state index is 12.0. The summed E-state index contributed by atoms with van der Waals surface area (Å²) in [5.74, 6) is 1.53. The third-order valence-corrected chi connectivity index (χ3v) is 4.16. The molecule has 0 bridgehead atoms. The van der Waals surface area contributed by atoms with Crippen LogP contribution in [-0.4, -0.2) is 31.1 Å². The summed E-state index contributed by atoms with van der Waals surface area (Å²) in [7, 11) is 0. The number of urea groups is 1. The van der Waals surface area contributed by atoms with E-state index in [-0.39, 0.29) is 25.3 Å². The van der Waals surface area contributed by atoms with Gasteiger partial charge < -0.3 is 25.2 Å². The summed E-state index contributed by atoms with van der Waals surface area (Å²) in [6.45, 7) is 0.857. The summed E-state index contributed by atoms with van der Waals surface area (Å²) in [4.78, 5) is 12.0. The quantitative estimate of drug-likeness (QED) is 0.722. The third-order valence-electron chi connectivity index (χ3n) is 4.16. The molecule has 2 amide bonds. The van der Waals surface area contributed by atoms with E-state index in [1.807, 2.05) is 30.3 Å². The second-order valence-electron chi connectivity index (χ2n) is 5.86. The molecule has 1 heterocycles. The Balaban J connectivity index is 1.48. The number of hydrogen-bond acceptors (Lipinski definition) is 4. The fraction of sp³-hybridized carbons (Fsp3) is 0.316. The van der Waals surface area contributed by atoms with Gasteiger partial charge in [0.25, 0.3) is 0 Å². The number of rotatable bonds is 7. The highest BCUT2D eigenvalue weighted by Gasteiger charge is 2.14. The summed E-state index contributed by atoms with van der Waals surface area (Å²) in [6.07, 6.45) is 1.44. The monoisotopic (exact) mass is 342 g/mol. The molecule has 0 saturated heterocycles. The molecule has 0 aliphatic carbocycles. The minimum Gasteiger partial charge on any atom is -0.454 e. The fourth-order valence-corrected chi connectivity index (χ4v) is 2.87. The summed E-state index contributed by atoms with van der Waals surface area (Å²) in [5, 5.41) is 14.9. The lowest BCUT2D eigenvalue weighted by molar-refractivity contribution is 0.174. The summed E-state index contributed by atoms with van der Waals surface area (Å²) in [5.41, 5.74) is 1.83. The van der Waals surface area contributed by atoms with Crippen LogP contribution in [0, 0.1) is 0 Å². The number of fused-ring (bicyclic) bond motifs is 1. The number of hydrogen-bond donors (Lipinski definition) is 3. The van der Waals surface area contributed by atoms with Gasteiger partial charge in [-0.15, -0.1) is 0 Å². The first-order valence-electron chi connectivity index (χ1n) is 8.36. The van der Waals surface area contributed by atoms with Crippen molar-refractivity contribution in [3.8, 4) is 11.5 Å². The molecular formula is C19H22N2O4. The molecule has 1 aliphatic rings. The van der Waals surface area contributed by atoms with Crippen LogP contribution in [0.25, 0.3) is 0 Å². The largest absolute Gasteiger partial charge is 0.454 e. The first kappa shape index (κ1) is 17.1. The van der Waals surface area contributed by atoms with Crippen molar-refractivity contribution in [1.82, 2.24) is 5.32 Å². The average molecular weight is 342 g/mol. The molecule has 0 fully saturated rings. The number of carbonyl (C=O) groups is 1. The lowest BCUT2D eigenvalue weighted by Crippen LogP contribution is -2.30. The van der Waals surface area contributed by atoms with Crippen LogP contribution in [0.5, 0.6) is 11.5 Å². The minimum atomic E-state index is -0.269. The predicted molar refractivity (Wildman–Crippen MR) is 95.1 cm³/mol. The molecule has 0 aromatic heterocycles. The van der Waals surface area contributed by atoms with Crippen LogP contribution in [0.15, 0.2) is 48.5 Å². The van der Waals surface area contributed by atoms with E-state index in [1.165, 1.54) is 5.56 Å². The molecule has 2 aromatic carbocycles. The van der Waals surface area contributed by atoms with Gasteiger partial charge in [0.2, 0.25) is 6.79 Å². The number of aliphatic hydroxyl groups is 1. The van der Waals surface area contributed by atoms with Crippen molar-refractivity contribution in [3.05, 3.63) is 54.1 Å². The van der Waals surface area contributed by atoms with E-state index < -0.39 is 0 Å². The molecule has 132 valence electrons. The maximum atomic E-state index is 12.0. The molecule has 0 saturated carbocycles. The normalized spacial score (nSPS) is 13.3. The lowest BCUT2D eigenvalue weighted by Gasteiger charge is -2.17. The predicted octanol–water partition coefficient (Wildman–Crippen LogP) is 3.09. The molecule has 0 spiro atoms. The molecule has 3 rings (SSSR count). The van der Waals surface area contributed by atoms with Crippen molar-refractivity contribution < 1.29 is 19.4 Å². The van der Waals surface area contributed by atoms with Crippen molar-refractivity contribution >= 4 is 11.7 Å². The maximum Gasteiger partial charge on any atom is 0.319 e. The molecule has 0 radical (unpaired) electrons. The van der Waals surface area contributed by atoms with Crippen molar-refractivity contribution in [2.24, 2.45) is 0 Å². The van der Waals surface area contributed by atoms with Gasteiger partial charge in [-0.05, 0) is 36.5 Å². The highest BCUT2D eigenvalue weighted by Crippen LogP contribution is 2.34. The van der Waals surface area contributed by atoms with Crippen LogP contribution in [0.1, 0.15) is 24.3 Å². The Kier molecular flexibility index (Phi) is 5.74. The zero-order chi connectivity index (χ0) is 17.5. The van der Waals surface area contributed by atoms with Gasteiger partial charge >= 0.3 is 6.03 Å². The molecule has 6 heteroatoms. The Bertz CT molecular complexity index is 706. The van der Waals surface area contributed by atoms with Gasteiger partial charge in [0, 0.05) is 24.9 Å². The third kappa shape index (κ3) is 4.64. The molecule has 0 unspecified atom stereocenters. The number of nitrogens with one attached hydrogen (secondary N) is 2. The molecular weight excluding hydrogens is 320 g/mol. The van der Waals surface area contributed by atoms with Crippen molar-refractivity contribution in [3.63, 3.8) is 0 Å². The van der Waals surface area contributed by atoms with E-state index in [0.29, 0.717) is 30.2 Å². The van der Waals surface area contributed by atoms with Crippen LogP contribution in [0.3, 0.4) is 0 Å². The van der Waals surface area contributed by atoms with Gasteiger partial charge in [-0.25, -0.2) is 4.79 Å². The number of amides is 2. The Labute approximate surface area is 146 Å².